The molecule has 1 unspecified atom stereocenters. The summed E-state index contributed by atoms with van der Waals surface area (Å²) < 4.78 is 13.6. The lowest BCUT2D eigenvalue weighted by Crippen LogP contribution is -2.49. The first-order chi connectivity index (χ1) is 9.61. The van der Waals surface area contributed by atoms with Crippen LogP contribution in [0.2, 0.25) is 0 Å². The molecule has 0 aromatic heterocycles. The van der Waals surface area contributed by atoms with Crippen LogP contribution in [0, 0.1) is 11.2 Å². The second-order valence-corrected chi connectivity index (χ2v) is 5.83. The number of nitrogen functional groups attached to an aromatic ring is 1. The Bertz CT molecular complexity index is 517. The van der Waals surface area contributed by atoms with Crippen molar-refractivity contribution in [3.63, 3.8) is 0 Å². The largest absolute Gasteiger partial charge is 0.384 e. The Morgan fingerprint density at radius 2 is 2.15 bits per heavy atom. The van der Waals surface area contributed by atoms with Crippen molar-refractivity contribution in [3.8, 4) is 0 Å². The van der Waals surface area contributed by atoms with E-state index in [2.05, 4.69) is 9.80 Å². The average Bonchev–Trinajstić information content (AvgIpc) is 2.85. The van der Waals surface area contributed by atoms with Crippen LogP contribution in [0.5, 0.6) is 0 Å². The molecule has 0 saturated carbocycles. The minimum absolute atomic E-state index is 0.0774. The van der Waals surface area contributed by atoms with Gasteiger partial charge in [-0.25, -0.2) is 4.39 Å². The van der Waals surface area contributed by atoms with Gasteiger partial charge in [0.05, 0.1) is 0 Å². The summed E-state index contributed by atoms with van der Waals surface area (Å²) in [4.78, 5) is 4.94. The van der Waals surface area contributed by atoms with E-state index in [1.165, 1.54) is 25.5 Å². The quantitative estimate of drug-likeness (QED) is 0.648. The van der Waals surface area contributed by atoms with E-state index in [1.807, 2.05) is 6.07 Å². The smallest absolute Gasteiger partial charge is 0.124 e. The number of hydrogen-bond donors (Lipinski definition) is 2. The van der Waals surface area contributed by atoms with Gasteiger partial charge >= 0.3 is 0 Å². The predicted octanol–water partition coefficient (Wildman–Crippen LogP) is 1.39. The van der Waals surface area contributed by atoms with Crippen LogP contribution in [0.25, 0.3) is 0 Å². The first-order valence-electron chi connectivity index (χ1n) is 7.22. The van der Waals surface area contributed by atoms with Crippen LogP contribution in [0.4, 0.5) is 4.39 Å². The highest BCUT2D eigenvalue weighted by Crippen LogP contribution is 2.22. The molecule has 3 rings (SSSR count). The molecule has 1 atom stereocenters. The molecule has 1 aromatic rings. The van der Waals surface area contributed by atoms with Crippen molar-refractivity contribution in [2.45, 2.75) is 25.4 Å². The Labute approximate surface area is 118 Å². The van der Waals surface area contributed by atoms with E-state index in [9.17, 15) is 4.39 Å². The van der Waals surface area contributed by atoms with E-state index < -0.39 is 0 Å². The highest BCUT2D eigenvalue weighted by Gasteiger charge is 2.30. The summed E-state index contributed by atoms with van der Waals surface area (Å²) in [6.45, 7) is 5.17. The van der Waals surface area contributed by atoms with Crippen LogP contribution in [-0.2, 0) is 6.54 Å². The predicted molar refractivity (Wildman–Crippen MR) is 77.3 cm³/mol. The first kappa shape index (κ1) is 13.5. The van der Waals surface area contributed by atoms with E-state index in [0.29, 0.717) is 11.6 Å². The normalized spacial score (nSPS) is 23.8. The maximum absolute atomic E-state index is 13.6. The Morgan fingerprint density at radius 3 is 2.95 bits per heavy atom. The number of nitrogens with two attached hydrogens (primary N) is 1. The van der Waals surface area contributed by atoms with Gasteiger partial charge in [0.15, 0.2) is 0 Å². The zero-order chi connectivity index (χ0) is 14.1. The van der Waals surface area contributed by atoms with E-state index in [-0.39, 0.29) is 11.7 Å². The fraction of sp³-hybridized carbons (Fsp3) is 0.533. The Hall–Kier alpha value is -1.46. The molecule has 0 bridgehead atoms. The molecule has 3 N–H and O–H groups in total. The van der Waals surface area contributed by atoms with Crippen molar-refractivity contribution in [1.29, 1.82) is 5.41 Å². The number of piperazine rings is 1. The molecule has 0 aliphatic carbocycles. The molecular formula is C15H21FN4. The van der Waals surface area contributed by atoms with Crippen molar-refractivity contribution >= 4 is 5.84 Å². The van der Waals surface area contributed by atoms with Gasteiger partial charge in [0.1, 0.15) is 11.7 Å². The molecule has 0 amide bonds. The van der Waals surface area contributed by atoms with Crippen LogP contribution >= 0.6 is 0 Å². The van der Waals surface area contributed by atoms with Gasteiger partial charge in [0.25, 0.3) is 0 Å². The summed E-state index contributed by atoms with van der Waals surface area (Å²) in [5.41, 5.74) is 6.83. The third kappa shape index (κ3) is 2.83. The number of rotatable bonds is 3. The Balaban J connectivity index is 1.70. The molecule has 108 valence electrons. The summed E-state index contributed by atoms with van der Waals surface area (Å²) in [6.07, 6.45) is 2.57. The number of hydrogen-bond acceptors (Lipinski definition) is 3. The maximum Gasteiger partial charge on any atom is 0.124 e. The number of nitrogens with zero attached hydrogens (tertiary/aromatic N) is 2. The minimum Gasteiger partial charge on any atom is -0.384 e. The molecule has 20 heavy (non-hydrogen) atoms. The van der Waals surface area contributed by atoms with Crippen LogP contribution in [0.15, 0.2) is 18.2 Å². The molecule has 4 nitrogen and oxygen atoms in total. The summed E-state index contributed by atoms with van der Waals surface area (Å²) in [5, 5.41) is 7.44. The highest BCUT2D eigenvalue weighted by molar-refractivity contribution is 5.95. The van der Waals surface area contributed by atoms with E-state index in [1.54, 1.807) is 6.07 Å². The van der Waals surface area contributed by atoms with Gasteiger partial charge in [0.2, 0.25) is 0 Å². The number of nitrogens with one attached hydrogen (secondary N) is 1. The fourth-order valence-electron chi connectivity index (χ4n) is 3.35. The second-order valence-electron chi connectivity index (χ2n) is 5.83. The zero-order valence-corrected chi connectivity index (χ0v) is 11.6. The SMILES string of the molecule is N=C(N)c1cc(F)cc(CN2CCN3CCCC3C2)c1. The van der Waals surface area contributed by atoms with E-state index in [0.717, 1.165) is 31.7 Å². The molecule has 5 heteroatoms. The number of halogens is 1. The summed E-state index contributed by atoms with van der Waals surface area (Å²) >= 11 is 0. The van der Waals surface area contributed by atoms with Crippen molar-refractivity contribution in [2.75, 3.05) is 26.2 Å². The van der Waals surface area contributed by atoms with Gasteiger partial charge < -0.3 is 5.73 Å². The maximum atomic E-state index is 13.6. The first-order valence-corrected chi connectivity index (χ1v) is 7.22. The molecule has 2 aliphatic rings. The van der Waals surface area contributed by atoms with Gasteiger partial charge in [0, 0.05) is 37.8 Å². The zero-order valence-electron chi connectivity index (χ0n) is 11.6. The molecule has 2 saturated heterocycles. The highest BCUT2D eigenvalue weighted by atomic mass is 19.1. The van der Waals surface area contributed by atoms with Crippen LogP contribution in [-0.4, -0.2) is 47.9 Å². The lowest BCUT2D eigenvalue weighted by Gasteiger charge is -2.37. The van der Waals surface area contributed by atoms with Crippen LogP contribution in [0.1, 0.15) is 24.0 Å². The lowest BCUT2D eigenvalue weighted by molar-refractivity contribution is 0.0993. The van der Waals surface area contributed by atoms with Gasteiger partial charge in [-0.3, -0.25) is 15.2 Å². The molecule has 2 heterocycles. The van der Waals surface area contributed by atoms with Gasteiger partial charge in [-0.1, -0.05) is 0 Å². The Kier molecular flexibility index (Phi) is 3.72. The second kappa shape index (κ2) is 5.50. The van der Waals surface area contributed by atoms with E-state index >= 15 is 0 Å². The molecule has 2 fully saturated rings. The monoisotopic (exact) mass is 276 g/mol. The van der Waals surface area contributed by atoms with Gasteiger partial charge in [-0.15, -0.1) is 0 Å². The summed E-state index contributed by atoms with van der Waals surface area (Å²) in [5.74, 6) is -0.390. The lowest BCUT2D eigenvalue weighted by atomic mass is 10.1. The van der Waals surface area contributed by atoms with Gasteiger partial charge in [-0.05, 0) is 43.1 Å². The Morgan fingerprint density at radius 1 is 1.30 bits per heavy atom. The minimum atomic E-state index is -0.313. The molecule has 1 aromatic carbocycles. The number of amidine groups is 1. The number of benzene rings is 1. The van der Waals surface area contributed by atoms with Crippen molar-refractivity contribution in [2.24, 2.45) is 5.73 Å². The third-order valence-corrected chi connectivity index (χ3v) is 4.35. The summed E-state index contributed by atoms with van der Waals surface area (Å²) in [7, 11) is 0. The average molecular weight is 276 g/mol. The van der Waals surface area contributed by atoms with Crippen molar-refractivity contribution in [1.82, 2.24) is 9.80 Å². The topological polar surface area (TPSA) is 56.4 Å². The molecular weight excluding hydrogens is 255 g/mol. The molecule has 0 spiro atoms. The number of fused-ring (bicyclic) bond motifs is 1. The fourth-order valence-corrected chi connectivity index (χ4v) is 3.35. The van der Waals surface area contributed by atoms with Crippen LogP contribution < -0.4 is 5.73 Å². The third-order valence-electron chi connectivity index (χ3n) is 4.35. The van der Waals surface area contributed by atoms with E-state index in [4.69, 9.17) is 11.1 Å². The standard InChI is InChI=1S/C15H21FN4/c16-13-7-11(6-12(8-13)15(17)18)9-19-4-5-20-3-1-2-14(20)10-19/h6-8,14H,1-5,9-10H2,(H3,17,18). The summed E-state index contributed by atoms with van der Waals surface area (Å²) in [6, 6.07) is 5.37. The van der Waals surface area contributed by atoms with Crippen molar-refractivity contribution < 1.29 is 4.39 Å². The molecule has 0 radical (unpaired) electrons. The van der Waals surface area contributed by atoms with Crippen molar-refractivity contribution in [3.05, 3.63) is 35.1 Å². The molecule has 2 aliphatic heterocycles. The van der Waals surface area contributed by atoms with Crippen LogP contribution in [0.3, 0.4) is 0 Å². The van der Waals surface area contributed by atoms with Gasteiger partial charge in [-0.2, -0.15) is 0 Å².